The fraction of sp³-hybridized carbons (Fsp3) is 0.178. The van der Waals surface area contributed by atoms with E-state index < -0.39 is 99.9 Å². The molecule has 14 nitrogen and oxygen atoms in total. The summed E-state index contributed by atoms with van der Waals surface area (Å²) in [5.74, 6) is -14.4. The number of amides is 3. The normalized spacial score (nSPS) is 11.4. The van der Waals surface area contributed by atoms with Crippen LogP contribution in [0.15, 0.2) is 84.9 Å². The molecular weight excluding hydrogens is 833 g/mol. The van der Waals surface area contributed by atoms with Gasteiger partial charge in [0.2, 0.25) is 5.91 Å². The highest BCUT2D eigenvalue weighted by Crippen LogP contribution is 2.36. The number of halogens is 4. The van der Waals surface area contributed by atoms with Crippen molar-refractivity contribution in [2.75, 3.05) is 11.1 Å². The van der Waals surface area contributed by atoms with E-state index in [1.807, 2.05) is 5.32 Å². The standard InChI is InChI=1S/C45H38F4N4O10/c1-21(2)63-42-27(13-16-29(41(42)58)32(55)17-22-5-9-26(10-6-22)45(61)62)19-31(54)24-7-3-23(4-8-24)18-33(56)30(20-34(50)57)53-43(59)25-11-14-28(15-12-25)52-44(60)35-36(46)38(48)40(51)39(49)37(35)47/h3-16,21,30,58H,17-20,51H2,1-2H3,(H2,50,57)(H,52,60)(H,53,59)(H,61,62)/t30-/m0/s1. The number of nitrogen functional groups attached to an aromatic ring is 1. The summed E-state index contributed by atoms with van der Waals surface area (Å²) in [6.07, 6.45) is -1.74. The number of carbonyl (C=O) groups excluding carboxylic acids is 6. The van der Waals surface area contributed by atoms with Gasteiger partial charge in [-0.3, -0.25) is 28.8 Å². The van der Waals surface area contributed by atoms with Crippen molar-refractivity contribution in [3.63, 3.8) is 0 Å². The van der Waals surface area contributed by atoms with Crippen molar-refractivity contribution >= 4 is 52.4 Å². The Morgan fingerprint density at radius 1 is 0.667 bits per heavy atom. The molecule has 326 valence electrons. The van der Waals surface area contributed by atoms with Gasteiger partial charge in [0.1, 0.15) is 11.3 Å². The number of ether oxygens (including phenoxy) is 1. The van der Waals surface area contributed by atoms with Gasteiger partial charge < -0.3 is 37.1 Å². The number of ketones is 3. The first-order chi connectivity index (χ1) is 29.7. The maximum absolute atomic E-state index is 14.2. The quantitative estimate of drug-likeness (QED) is 0.0262. The van der Waals surface area contributed by atoms with Crippen LogP contribution < -0.4 is 26.8 Å². The Kier molecular flexibility index (Phi) is 14.4. The molecule has 0 heterocycles. The number of Topliss-reactive ketones (excluding diaryl/α,β-unsaturated/α-hetero) is 3. The van der Waals surface area contributed by atoms with E-state index in [0.717, 1.165) is 24.3 Å². The maximum atomic E-state index is 14.2. The molecule has 5 aromatic rings. The molecule has 5 aromatic carbocycles. The Hall–Kier alpha value is -7.89. The Morgan fingerprint density at radius 2 is 1.21 bits per heavy atom. The number of primary amides is 1. The van der Waals surface area contributed by atoms with Gasteiger partial charge in [0, 0.05) is 41.6 Å². The first-order valence-corrected chi connectivity index (χ1v) is 18.9. The lowest BCUT2D eigenvalue weighted by molar-refractivity contribution is -0.125. The number of hydrogen-bond acceptors (Lipinski definition) is 10. The third-order valence-electron chi connectivity index (χ3n) is 9.47. The molecule has 0 fully saturated rings. The zero-order chi connectivity index (χ0) is 46.3. The third kappa shape index (κ3) is 11.1. The van der Waals surface area contributed by atoms with Crippen molar-refractivity contribution in [3.05, 3.63) is 153 Å². The lowest BCUT2D eigenvalue weighted by Crippen LogP contribution is -2.44. The Morgan fingerprint density at radius 3 is 1.75 bits per heavy atom. The van der Waals surface area contributed by atoms with Crippen molar-refractivity contribution in [2.45, 2.75) is 51.7 Å². The van der Waals surface area contributed by atoms with E-state index in [2.05, 4.69) is 5.32 Å². The summed E-state index contributed by atoms with van der Waals surface area (Å²) in [5, 5.41) is 24.7. The minimum absolute atomic E-state index is 0.0483. The molecule has 0 unspecified atom stereocenters. The third-order valence-corrected chi connectivity index (χ3v) is 9.47. The topological polar surface area (TPSA) is 245 Å². The van der Waals surface area contributed by atoms with Crippen molar-refractivity contribution in [1.82, 2.24) is 5.32 Å². The average molecular weight is 871 g/mol. The lowest BCUT2D eigenvalue weighted by atomic mass is 9.95. The summed E-state index contributed by atoms with van der Waals surface area (Å²) in [6, 6.07) is 17.5. The molecule has 0 saturated carbocycles. The second kappa shape index (κ2) is 19.7. The van der Waals surface area contributed by atoms with E-state index in [1.165, 1.54) is 60.7 Å². The molecule has 0 spiro atoms. The number of nitrogens with one attached hydrogen (secondary N) is 2. The number of benzene rings is 5. The number of aromatic carboxylic acids is 1. The van der Waals surface area contributed by atoms with Crippen LogP contribution in [0.4, 0.5) is 28.9 Å². The van der Waals surface area contributed by atoms with Gasteiger partial charge in [0.15, 0.2) is 52.1 Å². The molecule has 1 atom stereocenters. The second-order valence-electron chi connectivity index (χ2n) is 14.4. The zero-order valence-electron chi connectivity index (χ0n) is 33.4. The fourth-order valence-corrected chi connectivity index (χ4v) is 6.23. The number of carbonyl (C=O) groups is 7. The SMILES string of the molecule is CC(C)Oc1c(CC(=O)c2ccc(CC(=O)[C@H](CC(N)=O)NC(=O)c3ccc(NC(=O)c4c(F)c(F)c(N)c(F)c4F)cc3)cc2)ccc(C(=O)Cc2ccc(C(=O)O)cc2)c1O. The molecule has 5 rings (SSSR count). The Labute approximate surface area is 355 Å². The Balaban J connectivity index is 1.23. The van der Waals surface area contributed by atoms with E-state index in [0.29, 0.717) is 11.1 Å². The van der Waals surface area contributed by atoms with Gasteiger partial charge in [0.25, 0.3) is 11.8 Å². The zero-order valence-corrected chi connectivity index (χ0v) is 33.4. The van der Waals surface area contributed by atoms with Crippen LogP contribution in [-0.2, 0) is 28.9 Å². The van der Waals surface area contributed by atoms with Crippen molar-refractivity contribution < 1.29 is 66.1 Å². The number of carboxylic acids is 1. The minimum atomic E-state index is -2.01. The van der Waals surface area contributed by atoms with Crippen LogP contribution >= 0.6 is 0 Å². The van der Waals surface area contributed by atoms with E-state index in [4.69, 9.17) is 21.3 Å². The lowest BCUT2D eigenvalue weighted by Gasteiger charge is -2.18. The molecule has 0 radical (unpaired) electrons. The van der Waals surface area contributed by atoms with Crippen molar-refractivity contribution in [2.24, 2.45) is 5.73 Å². The van der Waals surface area contributed by atoms with Gasteiger partial charge in [-0.05, 0) is 67.4 Å². The van der Waals surface area contributed by atoms with Gasteiger partial charge in [-0.25, -0.2) is 22.4 Å². The highest BCUT2D eigenvalue weighted by atomic mass is 19.2. The molecule has 0 aliphatic rings. The molecule has 3 amide bonds. The molecule has 0 bridgehead atoms. The van der Waals surface area contributed by atoms with E-state index >= 15 is 0 Å². The van der Waals surface area contributed by atoms with E-state index in [1.54, 1.807) is 13.8 Å². The summed E-state index contributed by atoms with van der Waals surface area (Å²) >= 11 is 0. The van der Waals surface area contributed by atoms with Crippen molar-refractivity contribution in [3.8, 4) is 11.5 Å². The van der Waals surface area contributed by atoms with E-state index in [9.17, 15) is 56.2 Å². The highest BCUT2D eigenvalue weighted by molar-refractivity contribution is 6.06. The first-order valence-electron chi connectivity index (χ1n) is 18.9. The number of phenolic OH excluding ortho intramolecular Hbond substituents is 1. The second-order valence-corrected chi connectivity index (χ2v) is 14.4. The van der Waals surface area contributed by atoms with Crippen LogP contribution in [0.5, 0.6) is 11.5 Å². The van der Waals surface area contributed by atoms with Crippen LogP contribution in [0.1, 0.15) is 88.7 Å². The molecular formula is C45H38F4N4O10. The monoisotopic (exact) mass is 870 g/mol. The van der Waals surface area contributed by atoms with Crippen LogP contribution in [0, 0.1) is 23.3 Å². The molecule has 63 heavy (non-hydrogen) atoms. The highest BCUT2D eigenvalue weighted by Gasteiger charge is 2.29. The van der Waals surface area contributed by atoms with Gasteiger partial charge in [-0.15, -0.1) is 0 Å². The van der Waals surface area contributed by atoms with Crippen LogP contribution in [0.3, 0.4) is 0 Å². The number of carboxylic acid groups (broad SMARTS) is 1. The number of rotatable bonds is 18. The first kappa shape index (κ1) is 46.2. The number of aromatic hydroxyl groups is 1. The predicted octanol–water partition coefficient (Wildman–Crippen LogP) is 5.90. The largest absolute Gasteiger partial charge is 0.504 e. The number of anilines is 2. The van der Waals surface area contributed by atoms with Gasteiger partial charge in [-0.2, -0.15) is 0 Å². The summed E-state index contributed by atoms with van der Waals surface area (Å²) in [4.78, 5) is 88.5. The summed E-state index contributed by atoms with van der Waals surface area (Å²) in [6.45, 7) is 3.39. The Bertz CT molecular complexity index is 2610. The van der Waals surface area contributed by atoms with Gasteiger partial charge in [0.05, 0.1) is 29.7 Å². The number of phenols is 1. The van der Waals surface area contributed by atoms with Crippen LogP contribution in [0.2, 0.25) is 0 Å². The molecule has 0 aliphatic heterocycles. The number of hydrogen-bond donors (Lipinski definition) is 6. The summed E-state index contributed by atoms with van der Waals surface area (Å²) < 4.78 is 62.0. The van der Waals surface area contributed by atoms with Crippen molar-refractivity contribution in [1.29, 1.82) is 0 Å². The van der Waals surface area contributed by atoms with E-state index in [-0.39, 0.29) is 58.5 Å². The molecule has 18 heteroatoms. The van der Waals surface area contributed by atoms with Gasteiger partial charge in [-0.1, -0.05) is 42.5 Å². The molecule has 0 aromatic heterocycles. The smallest absolute Gasteiger partial charge is 0.335 e. The van der Waals surface area contributed by atoms with Gasteiger partial charge >= 0.3 is 5.97 Å². The predicted molar refractivity (Wildman–Crippen MR) is 219 cm³/mol. The number of nitrogens with two attached hydrogens (primary N) is 2. The fourth-order valence-electron chi connectivity index (χ4n) is 6.23. The molecule has 0 aliphatic carbocycles. The van der Waals surface area contributed by atoms with Crippen LogP contribution in [0.25, 0.3) is 0 Å². The molecule has 0 saturated heterocycles. The summed E-state index contributed by atoms with van der Waals surface area (Å²) in [7, 11) is 0. The maximum Gasteiger partial charge on any atom is 0.335 e. The average Bonchev–Trinajstić information content (AvgIpc) is 3.23. The molecule has 8 N–H and O–H groups in total. The van der Waals surface area contributed by atoms with Crippen LogP contribution in [-0.4, -0.2) is 63.4 Å². The summed E-state index contributed by atoms with van der Waals surface area (Å²) in [5.41, 5.74) is 8.47. The minimum Gasteiger partial charge on any atom is -0.504 e.